The van der Waals surface area contributed by atoms with Gasteiger partial charge in [-0.15, -0.1) is 0 Å². The Morgan fingerprint density at radius 1 is 1.14 bits per heavy atom. The zero-order valence-corrected chi connectivity index (χ0v) is 9.00. The maximum Gasteiger partial charge on any atom is 0.119 e. The summed E-state index contributed by atoms with van der Waals surface area (Å²) in [5.74, 6) is 0.919. The van der Waals surface area contributed by atoms with Crippen molar-refractivity contribution >= 4 is 0 Å². The summed E-state index contributed by atoms with van der Waals surface area (Å²) in [5.41, 5.74) is 1.21. The van der Waals surface area contributed by atoms with Gasteiger partial charge in [-0.05, 0) is 38.7 Å². The first-order valence-electron chi connectivity index (χ1n) is 4.89. The first kappa shape index (κ1) is 11.0. The maximum absolute atomic E-state index is 5.37. The average molecular weight is 194 g/mol. The molecule has 0 aromatic heterocycles. The van der Waals surface area contributed by atoms with Crippen LogP contribution in [0.1, 0.15) is 18.7 Å². The molecule has 3 heteroatoms. The average Bonchev–Trinajstić information content (AvgIpc) is 2.23. The molecule has 0 atom stereocenters. The topological polar surface area (TPSA) is 33.3 Å². The van der Waals surface area contributed by atoms with E-state index in [2.05, 4.69) is 22.8 Å². The van der Waals surface area contributed by atoms with E-state index in [4.69, 9.17) is 4.74 Å². The molecule has 0 unspecified atom stereocenters. The van der Waals surface area contributed by atoms with Crippen LogP contribution < -0.4 is 15.4 Å². The molecule has 0 saturated heterocycles. The van der Waals surface area contributed by atoms with Crippen molar-refractivity contribution in [2.75, 3.05) is 20.7 Å². The zero-order chi connectivity index (χ0) is 10.4. The van der Waals surface area contributed by atoms with E-state index in [0.717, 1.165) is 5.75 Å². The Hall–Kier alpha value is -1.06. The molecule has 0 aliphatic carbocycles. The number of benzene rings is 1. The van der Waals surface area contributed by atoms with Gasteiger partial charge in [-0.3, -0.25) is 0 Å². The molecule has 78 valence electrons. The van der Waals surface area contributed by atoms with Crippen molar-refractivity contribution < 1.29 is 4.74 Å². The van der Waals surface area contributed by atoms with Crippen molar-refractivity contribution in [2.24, 2.45) is 0 Å². The van der Waals surface area contributed by atoms with E-state index >= 15 is 0 Å². The van der Waals surface area contributed by atoms with Gasteiger partial charge in [-0.1, -0.05) is 12.1 Å². The fraction of sp³-hybridized carbons (Fsp3) is 0.455. The third kappa shape index (κ3) is 2.72. The highest BCUT2D eigenvalue weighted by Crippen LogP contribution is 2.15. The van der Waals surface area contributed by atoms with E-state index in [-0.39, 0.29) is 6.17 Å². The van der Waals surface area contributed by atoms with E-state index in [1.807, 2.05) is 33.2 Å². The second-order valence-electron chi connectivity index (χ2n) is 3.01. The minimum Gasteiger partial charge on any atom is -0.494 e. The van der Waals surface area contributed by atoms with Gasteiger partial charge in [0.1, 0.15) is 5.75 Å². The standard InChI is InChI=1S/C11H18N2O/c1-4-14-10-7-5-9(6-8-10)11(12-2)13-3/h5-8,11-13H,4H2,1-3H3. The molecule has 0 saturated carbocycles. The van der Waals surface area contributed by atoms with Gasteiger partial charge < -0.3 is 15.4 Å². The Kier molecular flexibility index (Phi) is 4.43. The zero-order valence-electron chi connectivity index (χ0n) is 9.00. The molecule has 0 bridgehead atoms. The highest BCUT2D eigenvalue weighted by atomic mass is 16.5. The van der Waals surface area contributed by atoms with Gasteiger partial charge in [-0.2, -0.15) is 0 Å². The van der Waals surface area contributed by atoms with Crippen LogP contribution in [0.25, 0.3) is 0 Å². The van der Waals surface area contributed by atoms with Crippen LogP contribution in [0.15, 0.2) is 24.3 Å². The van der Waals surface area contributed by atoms with Crippen molar-refractivity contribution in [3.05, 3.63) is 29.8 Å². The molecule has 0 spiro atoms. The first-order chi connectivity index (χ1) is 6.81. The summed E-state index contributed by atoms with van der Waals surface area (Å²) in [5, 5.41) is 6.34. The fourth-order valence-corrected chi connectivity index (χ4v) is 1.40. The van der Waals surface area contributed by atoms with E-state index in [1.54, 1.807) is 0 Å². The lowest BCUT2D eigenvalue weighted by atomic mass is 10.1. The molecule has 0 radical (unpaired) electrons. The highest BCUT2D eigenvalue weighted by Gasteiger charge is 2.04. The lowest BCUT2D eigenvalue weighted by Crippen LogP contribution is -2.28. The fourth-order valence-electron chi connectivity index (χ4n) is 1.40. The molecule has 1 rings (SSSR count). The van der Waals surface area contributed by atoms with Crippen LogP contribution >= 0.6 is 0 Å². The van der Waals surface area contributed by atoms with Gasteiger partial charge in [0, 0.05) is 0 Å². The summed E-state index contributed by atoms with van der Waals surface area (Å²) in [6, 6.07) is 8.09. The van der Waals surface area contributed by atoms with Crippen molar-refractivity contribution in [1.29, 1.82) is 0 Å². The predicted octanol–water partition coefficient (Wildman–Crippen LogP) is 1.52. The molecule has 0 fully saturated rings. The van der Waals surface area contributed by atoms with Gasteiger partial charge in [0.05, 0.1) is 12.8 Å². The molecule has 2 N–H and O–H groups in total. The molecule has 3 nitrogen and oxygen atoms in total. The van der Waals surface area contributed by atoms with Crippen LogP contribution in [0.5, 0.6) is 5.75 Å². The third-order valence-electron chi connectivity index (χ3n) is 2.10. The highest BCUT2D eigenvalue weighted by molar-refractivity contribution is 5.28. The quantitative estimate of drug-likeness (QED) is 0.697. The van der Waals surface area contributed by atoms with Crippen molar-refractivity contribution in [1.82, 2.24) is 10.6 Å². The second kappa shape index (κ2) is 5.62. The number of ether oxygens (including phenoxy) is 1. The Morgan fingerprint density at radius 2 is 1.71 bits per heavy atom. The van der Waals surface area contributed by atoms with E-state index in [0.29, 0.717) is 6.61 Å². The molecule has 1 aromatic rings. The van der Waals surface area contributed by atoms with Crippen molar-refractivity contribution in [3.63, 3.8) is 0 Å². The SMILES string of the molecule is CCOc1ccc(C(NC)NC)cc1. The molecular weight excluding hydrogens is 176 g/mol. The van der Waals surface area contributed by atoms with Crippen LogP contribution in [0.2, 0.25) is 0 Å². The van der Waals surface area contributed by atoms with E-state index < -0.39 is 0 Å². The molecular formula is C11H18N2O. The minimum atomic E-state index is 0.200. The van der Waals surface area contributed by atoms with Crippen molar-refractivity contribution in [2.45, 2.75) is 13.1 Å². The normalized spacial score (nSPS) is 10.6. The number of nitrogens with one attached hydrogen (secondary N) is 2. The summed E-state index contributed by atoms with van der Waals surface area (Å²) < 4.78 is 5.37. The second-order valence-corrected chi connectivity index (χ2v) is 3.01. The van der Waals surface area contributed by atoms with Crippen LogP contribution in [0, 0.1) is 0 Å². The Bertz CT molecular complexity index is 254. The Labute approximate surface area is 85.5 Å². The molecule has 14 heavy (non-hydrogen) atoms. The van der Waals surface area contributed by atoms with Crippen LogP contribution in [-0.4, -0.2) is 20.7 Å². The van der Waals surface area contributed by atoms with Gasteiger partial charge in [-0.25, -0.2) is 0 Å². The van der Waals surface area contributed by atoms with E-state index in [1.165, 1.54) is 5.56 Å². The monoisotopic (exact) mass is 194 g/mol. The Balaban J connectivity index is 2.71. The molecule has 0 aliphatic rings. The summed E-state index contributed by atoms with van der Waals surface area (Å²) in [6.45, 7) is 2.69. The van der Waals surface area contributed by atoms with Gasteiger partial charge in [0.2, 0.25) is 0 Å². The number of hydrogen-bond acceptors (Lipinski definition) is 3. The summed E-state index contributed by atoms with van der Waals surface area (Å²) in [7, 11) is 3.86. The summed E-state index contributed by atoms with van der Waals surface area (Å²) in [6.07, 6.45) is 0.200. The minimum absolute atomic E-state index is 0.200. The van der Waals surface area contributed by atoms with Crippen LogP contribution in [0.3, 0.4) is 0 Å². The largest absolute Gasteiger partial charge is 0.494 e. The summed E-state index contributed by atoms with van der Waals surface area (Å²) >= 11 is 0. The third-order valence-corrected chi connectivity index (χ3v) is 2.10. The van der Waals surface area contributed by atoms with Gasteiger partial charge in [0.25, 0.3) is 0 Å². The molecule has 0 amide bonds. The van der Waals surface area contributed by atoms with Crippen molar-refractivity contribution in [3.8, 4) is 5.75 Å². The number of rotatable bonds is 5. The lowest BCUT2D eigenvalue weighted by molar-refractivity contribution is 0.340. The van der Waals surface area contributed by atoms with E-state index in [9.17, 15) is 0 Å². The predicted molar refractivity (Wildman–Crippen MR) is 58.5 cm³/mol. The molecule has 0 aliphatic heterocycles. The lowest BCUT2D eigenvalue weighted by Gasteiger charge is -2.15. The smallest absolute Gasteiger partial charge is 0.119 e. The Morgan fingerprint density at radius 3 is 2.14 bits per heavy atom. The summed E-state index contributed by atoms with van der Waals surface area (Å²) in [4.78, 5) is 0. The first-order valence-corrected chi connectivity index (χ1v) is 4.89. The van der Waals surface area contributed by atoms with Gasteiger partial charge in [0.15, 0.2) is 0 Å². The maximum atomic E-state index is 5.37. The van der Waals surface area contributed by atoms with Crippen LogP contribution in [-0.2, 0) is 0 Å². The van der Waals surface area contributed by atoms with Gasteiger partial charge >= 0.3 is 0 Å². The molecule has 1 aromatic carbocycles. The number of hydrogen-bond donors (Lipinski definition) is 2. The molecule has 0 heterocycles. The van der Waals surface area contributed by atoms with Crippen LogP contribution in [0.4, 0.5) is 0 Å².